The molecule has 29 heavy (non-hydrogen) atoms. The molecule has 0 fully saturated rings. The minimum Gasteiger partial charge on any atom is -0.371 e. The van der Waals surface area contributed by atoms with Gasteiger partial charge in [-0.15, -0.1) is 11.3 Å². The standard InChI is InChI=1S/C21H35NO3S3Si/c1-7-16(4)23-29(24-17(5)8-2,25-18(6)9-3)15-14-26-28-21-22-19-12-10-11-13-20(19)27-21/h10-13,16-18H,7-9,14-15H2,1-6H3. The molecule has 164 valence electrons. The van der Waals surface area contributed by atoms with E-state index in [1.165, 1.54) is 4.70 Å². The molecule has 8 heteroatoms. The van der Waals surface area contributed by atoms with Crippen LogP contribution >= 0.6 is 32.9 Å². The Balaban J connectivity index is 2.03. The van der Waals surface area contributed by atoms with Crippen LogP contribution in [-0.2, 0) is 13.3 Å². The Labute approximate surface area is 189 Å². The molecule has 0 bridgehead atoms. The second kappa shape index (κ2) is 12.7. The number of thiazole rings is 1. The Hall–Kier alpha value is -0.0931. The van der Waals surface area contributed by atoms with Crippen molar-refractivity contribution in [3.8, 4) is 0 Å². The van der Waals surface area contributed by atoms with Crippen molar-refractivity contribution in [2.75, 3.05) is 5.75 Å². The molecule has 0 aliphatic carbocycles. The third kappa shape index (κ3) is 8.16. The second-order valence-corrected chi connectivity index (χ2v) is 13.6. The normalized spacial score (nSPS) is 17.2. The van der Waals surface area contributed by atoms with E-state index < -0.39 is 8.80 Å². The van der Waals surface area contributed by atoms with E-state index in [1.807, 2.05) is 16.9 Å². The number of hydrogen-bond acceptors (Lipinski definition) is 7. The smallest absolute Gasteiger partial charge is 0.371 e. The van der Waals surface area contributed by atoms with Crippen molar-refractivity contribution in [3.63, 3.8) is 0 Å². The first-order valence-electron chi connectivity index (χ1n) is 10.6. The van der Waals surface area contributed by atoms with E-state index >= 15 is 0 Å². The molecule has 2 rings (SSSR count). The van der Waals surface area contributed by atoms with E-state index in [0.29, 0.717) is 0 Å². The lowest BCUT2D eigenvalue weighted by atomic mass is 10.3. The average Bonchev–Trinajstić information content (AvgIpc) is 3.13. The lowest BCUT2D eigenvalue weighted by Crippen LogP contribution is -2.51. The van der Waals surface area contributed by atoms with Crippen LogP contribution in [0.4, 0.5) is 0 Å². The van der Waals surface area contributed by atoms with Crippen LogP contribution in [-0.4, -0.2) is 37.9 Å². The highest BCUT2D eigenvalue weighted by atomic mass is 33.1. The van der Waals surface area contributed by atoms with Crippen molar-refractivity contribution < 1.29 is 13.3 Å². The highest BCUT2D eigenvalue weighted by molar-refractivity contribution is 8.77. The van der Waals surface area contributed by atoms with Crippen LogP contribution in [0.1, 0.15) is 60.8 Å². The quantitative estimate of drug-likeness (QED) is 0.161. The fraction of sp³-hybridized carbons (Fsp3) is 0.667. The summed E-state index contributed by atoms with van der Waals surface area (Å²) in [7, 11) is 0.783. The number of benzene rings is 1. The molecule has 0 N–H and O–H groups in total. The first kappa shape index (κ1) is 25.2. The van der Waals surface area contributed by atoms with Gasteiger partial charge >= 0.3 is 8.80 Å². The van der Waals surface area contributed by atoms with Gasteiger partial charge in [-0.1, -0.05) is 43.7 Å². The highest BCUT2D eigenvalue weighted by Crippen LogP contribution is 2.38. The SMILES string of the molecule is CCC(C)O[Si](CCSSc1nc2ccccc2s1)(OC(C)CC)OC(C)CC. The number of hydrogen-bond donors (Lipinski definition) is 0. The summed E-state index contributed by atoms with van der Waals surface area (Å²) < 4.78 is 21.8. The minimum absolute atomic E-state index is 0.136. The molecular formula is C21H35NO3S3Si. The topological polar surface area (TPSA) is 40.6 Å². The number of fused-ring (bicyclic) bond motifs is 1. The average molecular weight is 474 g/mol. The maximum absolute atomic E-state index is 6.49. The molecule has 3 unspecified atom stereocenters. The van der Waals surface area contributed by atoms with Gasteiger partial charge in [-0.25, -0.2) is 4.98 Å². The maximum Gasteiger partial charge on any atom is 0.502 e. The fourth-order valence-electron chi connectivity index (χ4n) is 2.58. The van der Waals surface area contributed by atoms with Crippen molar-refractivity contribution in [2.24, 2.45) is 0 Å². The van der Waals surface area contributed by atoms with E-state index in [1.54, 1.807) is 22.1 Å². The van der Waals surface area contributed by atoms with Gasteiger partial charge in [0.15, 0.2) is 4.34 Å². The van der Waals surface area contributed by atoms with Gasteiger partial charge in [0.05, 0.1) is 10.2 Å². The van der Waals surface area contributed by atoms with Gasteiger partial charge in [0.25, 0.3) is 0 Å². The van der Waals surface area contributed by atoms with E-state index in [4.69, 9.17) is 18.3 Å². The van der Waals surface area contributed by atoms with Crippen LogP contribution in [0, 0.1) is 0 Å². The van der Waals surface area contributed by atoms with Crippen molar-refractivity contribution in [1.82, 2.24) is 4.98 Å². The van der Waals surface area contributed by atoms with Crippen LogP contribution in [0.2, 0.25) is 6.04 Å². The van der Waals surface area contributed by atoms with Crippen molar-refractivity contribution in [3.05, 3.63) is 24.3 Å². The molecule has 2 aromatic rings. The predicted octanol–water partition coefficient (Wildman–Crippen LogP) is 7.42. The molecule has 1 aromatic heterocycles. The van der Waals surface area contributed by atoms with E-state index in [9.17, 15) is 0 Å². The van der Waals surface area contributed by atoms with Crippen LogP contribution in [0.25, 0.3) is 10.2 Å². The largest absolute Gasteiger partial charge is 0.502 e. The van der Waals surface area contributed by atoms with Crippen molar-refractivity contribution in [2.45, 2.75) is 89.5 Å². The van der Waals surface area contributed by atoms with Gasteiger partial charge in [-0.3, -0.25) is 0 Å². The van der Waals surface area contributed by atoms with E-state index in [2.05, 4.69) is 59.7 Å². The third-order valence-electron chi connectivity index (χ3n) is 4.76. The zero-order valence-electron chi connectivity index (χ0n) is 18.5. The summed E-state index contributed by atoms with van der Waals surface area (Å²) in [6.07, 6.45) is 3.27. The van der Waals surface area contributed by atoms with E-state index in [0.717, 1.165) is 40.9 Å². The molecule has 0 amide bonds. The highest BCUT2D eigenvalue weighted by Gasteiger charge is 2.44. The molecule has 0 aliphatic rings. The molecule has 1 heterocycles. The first-order chi connectivity index (χ1) is 13.9. The molecule has 0 saturated carbocycles. The maximum atomic E-state index is 6.49. The summed E-state index contributed by atoms with van der Waals surface area (Å²) in [5.74, 6) is 0.913. The summed E-state index contributed by atoms with van der Waals surface area (Å²) in [6, 6.07) is 9.10. The van der Waals surface area contributed by atoms with Gasteiger partial charge in [0.1, 0.15) is 0 Å². The Morgan fingerprint density at radius 1 is 0.931 bits per heavy atom. The number of aromatic nitrogens is 1. The number of para-hydroxylation sites is 1. The van der Waals surface area contributed by atoms with Crippen LogP contribution in [0.3, 0.4) is 0 Å². The molecule has 3 atom stereocenters. The second-order valence-electron chi connectivity index (χ2n) is 7.30. The molecule has 0 spiro atoms. The van der Waals surface area contributed by atoms with Crippen molar-refractivity contribution in [1.29, 1.82) is 0 Å². The van der Waals surface area contributed by atoms with Gasteiger partial charge in [-0.05, 0) is 63.0 Å². The number of rotatable bonds is 14. The Kier molecular flexibility index (Phi) is 11.0. The zero-order valence-corrected chi connectivity index (χ0v) is 21.9. The summed E-state index contributed by atoms with van der Waals surface area (Å²) in [6.45, 7) is 12.8. The van der Waals surface area contributed by atoms with Gasteiger partial charge in [-0.2, -0.15) is 0 Å². The molecule has 0 radical (unpaired) electrons. The summed E-state index contributed by atoms with van der Waals surface area (Å²) in [4.78, 5) is 4.71. The summed E-state index contributed by atoms with van der Waals surface area (Å²) >= 11 is 1.75. The third-order valence-corrected chi connectivity index (χ3v) is 12.0. The minimum atomic E-state index is -2.77. The summed E-state index contributed by atoms with van der Waals surface area (Å²) in [5.41, 5.74) is 1.07. The van der Waals surface area contributed by atoms with Gasteiger partial charge in [0.2, 0.25) is 0 Å². The van der Waals surface area contributed by atoms with Crippen LogP contribution in [0.5, 0.6) is 0 Å². The molecule has 1 aromatic carbocycles. The Morgan fingerprint density at radius 3 is 2.00 bits per heavy atom. The van der Waals surface area contributed by atoms with E-state index in [-0.39, 0.29) is 18.3 Å². The Morgan fingerprint density at radius 2 is 1.48 bits per heavy atom. The lowest BCUT2D eigenvalue weighted by molar-refractivity contribution is -0.00961. The molecule has 0 aliphatic heterocycles. The van der Waals surface area contributed by atoms with Crippen LogP contribution < -0.4 is 0 Å². The monoisotopic (exact) mass is 473 g/mol. The fourth-order valence-corrected chi connectivity index (χ4v) is 10.3. The van der Waals surface area contributed by atoms with Crippen molar-refractivity contribution >= 4 is 51.9 Å². The molecular weight excluding hydrogens is 439 g/mol. The number of nitrogens with zero attached hydrogens (tertiary/aromatic N) is 1. The lowest BCUT2D eigenvalue weighted by Gasteiger charge is -2.36. The Bertz CT molecular complexity index is 666. The summed E-state index contributed by atoms with van der Waals surface area (Å²) in [5, 5.41) is 0. The predicted molar refractivity (Wildman–Crippen MR) is 131 cm³/mol. The zero-order chi connectivity index (χ0) is 21.3. The first-order valence-corrected chi connectivity index (χ1v) is 15.7. The van der Waals surface area contributed by atoms with Gasteiger partial charge < -0.3 is 13.3 Å². The van der Waals surface area contributed by atoms with Crippen LogP contribution in [0.15, 0.2) is 28.6 Å². The molecule has 4 nitrogen and oxygen atoms in total. The molecule has 0 saturated heterocycles. The van der Waals surface area contributed by atoms with Gasteiger partial charge in [0, 0.05) is 30.1 Å².